The molecule has 0 saturated carbocycles. The molecule has 156 valence electrons. The van der Waals surface area contributed by atoms with Crippen LogP contribution in [0.5, 0.6) is 0 Å². The van der Waals surface area contributed by atoms with Crippen molar-refractivity contribution >= 4 is 56.9 Å². The minimum absolute atomic E-state index is 0.403. The van der Waals surface area contributed by atoms with Gasteiger partial charge in [-0.2, -0.15) is 0 Å². The quantitative estimate of drug-likeness (QED) is 0.204. The van der Waals surface area contributed by atoms with Crippen LogP contribution >= 0.6 is 34.8 Å². The Hall–Kier alpha value is 0.0287. The van der Waals surface area contributed by atoms with E-state index in [0.717, 1.165) is 5.56 Å². The number of unbranched alkanes of at least 4 members (excludes halogenated alkanes) is 3. The summed E-state index contributed by atoms with van der Waals surface area (Å²) in [4.78, 5) is 0. The van der Waals surface area contributed by atoms with E-state index >= 15 is 0 Å². The number of benzene rings is 1. The molecule has 0 bridgehead atoms. The zero-order chi connectivity index (χ0) is 20.6. The Morgan fingerprint density at radius 3 is 1.82 bits per heavy atom. The Morgan fingerprint density at radius 1 is 0.857 bits per heavy atom. The third-order valence-electron chi connectivity index (χ3n) is 5.50. The van der Waals surface area contributed by atoms with Gasteiger partial charge in [0.1, 0.15) is 0 Å². The maximum atomic E-state index is 6.18. The first kappa shape index (κ1) is 24.3. The van der Waals surface area contributed by atoms with E-state index in [0.29, 0.717) is 21.6 Å². The van der Waals surface area contributed by atoms with E-state index in [9.17, 15) is 0 Å². The molecule has 0 radical (unpaired) electrons. The average molecular weight is 552 g/mol. The van der Waals surface area contributed by atoms with Crippen LogP contribution in [0.2, 0.25) is 28.4 Å². The monoisotopic (exact) mass is 551 g/mol. The molecule has 1 aromatic carbocycles. The van der Waals surface area contributed by atoms with Gasteiger partial charge in [0.15, 0.2) is 0 Å². The minimum atomic E-state index is -2.53. The van der Waals surface area contributed by atoms with Crippen LogP contribution in [0.3, 0.4) is 0 Å². The van der Waals surface area contributed by atoms with Gasteiger partial charge in [-0.15, -0.1) is 0 Å². The number of aromatic nitrogens is 3. The fourth-order valence-corrected chi connectivity index (χ4v) is 19.5. The van der Waals surface area contributed by atoms with Crippen molar-refractivity contribution in [3.63, 3.8) is 0 Å². The number of halogens is 3. The first-order chi connectivity index (χ1) is 13.5. The van der Waals surface area contributed by atoms with Gasteiger partial charge < -0.3 is 0 Å². The normalized spacial score (nSPS) is 11.9. The van der Waals surface area contributed by atoms with Gasteiger partial charge in [-0.1, -0.05) is 0 Å². The third-order valence-corrected chi connectivity index (χ3v) is 21.7. The molecule has 1 aromatic heterocycles. The van der Waals surface area contributed by atoms with E-state index in [4.69, 9.17) is 39.9 Å². The number of rotatable bonds is 12. The van der Waals surface area contributed by atoms with E-state index in [2.05, 4.69) is 32.2 Å². The Bertz CT molecular complexity index is 703. The van der Waals surface area contributed by atoms with Crippen LogP contribution in [0, 0.1) is 0 Å². The van der Waals surface area contributed by atoms with E-state index in [1.165, 1.54) is 55.5 Å². The molecule has 0 N–H and O–H groups in total. The zero-order valence-corrected chi connectivity index (χ0v) is 22.4. The maximum absolute atomic E-state index is 6.18. The summed E-state index contributed by atoms with van der Waals surface area (Å²) in [6, 6.07) is 3.72. The molecule has 0 spiro atoms. The molecule has 0 aliphatic heterocycles. The predicted octanol–water partition coefficient (Wildman–Crippen LogP) is 7.34. The predicted molar refractivity (Wildman–Crippen MR) is 125 cm³/mol. The zero-order valence-electron chi connectivity index (χ0n) is 17.3. The second kappa shape index (κ2) is 12.0. The summed E-state index contributed by atoms with van der Waals surface area (Å²) in [5.74, 6) is 0. The van der Waals surface area contributed by atoms with Crippen LogP contribution in [0.25, 0.3) is 0 Å². The van der Waals surface area contributed by atoms with Gasteiger partial charge in [0, 0.05) is 0 Å². The molecule has 0 atom stereocenters. The first-order valence-electron chi connectivity index (χ1n) is 10.5. The molecule has 0 aliphatic carbocycles. The van der Waals surface area contributed by atoms with Crippen LogP contribution < -0.4 is 3.71 Å². The van der Waals surface area contributed by atoms with Crippen molar-refractivity contribution in [2.45, 2.75) is 79.2 Å². The molecular formula is C21H32Cl3N3Sn. The molecule has 0 unspecified atom stereocenters. The standard InChI is InChI=1S/C9H5Cl3N3.3C4H9.Sn/c10-7-3-6(4-8(11)9(7)12)5-15-2-1-13-14-15;3*1-3-4-2;/h2-4H,5H2;3*1,3-4H2,2H3;. The fraction of sp³-hybridized carbons (Fsp3) is 0.619. The molecule has 0 saturated heterocycles. The fourth-order valence-electron chi connectivity index (χ4n) is 3.81. The summed E-state index contributed by atoms with van der Waals surface area (Å²) in [5, 5.41) is 10.6. The molecule has 0 fully saturated rings. The van der Waals surface area contributed by atoms with Gasteiger partial charge >= 0.3 is 190 Å². The molecule has 3 nitrogen and oxygen atoms in total. The summed E-state index contributed by atoms with van der Waals surface area (Å²) < 4.78 is 7.46. The first-order valence-corrected chi connectivity index (χ1v) is 19.1. The summed E-state index contributed by atoms with van der Waals surface area (Å²) in [6.07, 6.45) is 9.94. The van der Waals surface area contributed by atoms with Crippen molar-refractivity contribution in [3.05, 3.63) is 39.0 Å². The van der Waals surface area contributed by atoms with Crippen molar-refractivity contribution in [2.75, 3.05) is 0 Å². The van der Waals surface area contributed by atoms with E-state index in [-0.39, 0.29) is 0 Å². The van der Waals surface area contributed by atoms with Crippen molar-refractivity contribution in [1.29, 1.82) is 0 Å². The second-order valence-corrected chi connectivity index (χ2v) is 22.0. The summed E-state index contributed by atoms with van der Waals surface area (Å²) in [7, 11) is 0. The van der Waals surface area contributed by atoms with Crippen LogP contribution in [0.4, 0.5) is 0 Å². The molecule has 2 aromatic rings. The Labute approximate surface area is 189 Å². The van der Waals surface area contributed by atoms with E-state index in [1.807, 2.05) is 16.8 Å². The van der Waals surface area contributed by atoms with Crippen molar-refractivity contribution in [3.8, 4) is 0 Å². The van der Waals surface area contributed by atoms with E-state index in [1.54, 1.807) is 0 Å². The topological polar surface area (TPSA) is 30.7 Å². The molecule has 28 heavy (non-hydrogen) atoms. The van der Waals surface area contributed by atoms with Crippen molar-refractivity contribution in [1.82, 2.24) is 15.0 Å². The van der Waals surface area contributed by atoms with Crippen LogP contribution in [0.1, 0.15) is 64.9 Å². The Balaban J connectivity index is 2.28. The molecule has 0 aliphatic rings. The molecule has 0 amide bonds. The van der Waals surface area contributed by atoms with Gasteiger partial charge in [0.25, 0.3) is 0 Å². The van der Waals surface area contributed by atoms with Crippen LogP contribution in [-0.4, -0.2) is 33.4 Å². The van der Waals surface area contributed by atoms with Crippen molar-refractivity contribution < 1.29 is 0 Å². The SMILES string of the molecule is CCC[CH2][Sn]([CH2]CCC)([CH2]CCC)[c]1cn(Cc2cc(Cl)c(Cl)c(Cl)c2)nn1. The number of hydrogen-bond acceptors (Lipinski definition) is 2. The Kier molecular flexibility index (Phi) is 10.4. The van der Waals surface area contributed by atoms with Crippen LogP contribution in [0.15, 0.2) is 18.3 Å². The van der Waals surface area contributed by atoms with Gasteiger partial charge in [0.05, 0.1) is 0 Å². The number of hydrogen-bond donors (Lipinski definition) is 0. The molecular weight excluding hydrogens is 519 g/mol. The second-order valence-electron chi connectivity index (χ2n) is 7.77. The van der Waals surface area contributed by atoms with Gasteiger partial charge in [0.2, 0.25) is 0 Å². The van der Waals surface area contributed by atoms with E-state index < -0.39 is 18.4 Å². The molecule has 1 heterocycles. The van der Waals surface area contributed by atoms with Gasteiger partial charge in [-0.25, -0.2) is 0 Å². The van der Waals surface area contributed by atoms with Crippen molar-refractivity contribution in [2.24, 2.45) is 0 Å². The average Bonchev–Trinajstić information content (AvgIpc) is 3.15. The Morgan fingerprint density at radius 2 is 1.36 bits per heavy atom. The third kappa shape index (κ3) is 6.51. The molecule has 7 heteroatoms. The molecule has 2 rings (SSSR count). The summed E-state index contributed by atoms with van der Waals surface area (Å²) >= 11 is 15.9. The van der Waals surface area contributed by atoms with Gasteiger partial charge in [-0.3, -0.25) is 0 Å². The van der Waals surface area contributed by atoms with Gasteiger partial charge in [-0.05, 0) is 0 Å². The summed E-state index contributed by atoms with van der Waals surface area (Å²) in [5.41, 5.74) is 0.993. The summed E-state index contributed by atoms with van der Waals surface area (Å²) in [6.45, 7) is 7.49. The van der Waals surface area contributed by atoms with Crippen LogP contribution in [-0.2, 0) is 6.54 Å². The number of nitrogens with zero attached hydrogens (tertiary/aromatic N) is 3.